The number of hydrogen-bond donors (Lipinski definition) is 3. The van der Waals surface area contributed by atoms with Crippen LogP contribution in [0.15, 0.2) is 48.5 Å². The van der Waals surface area contributed by atoms with Crippen LogP contribution in [0.4, 0.5) is 0 Å². The van der Waals surface area contributed by atoms with Gasteiger partial charge in [0.15, 0.2) is 11.5 Å². The molecule has 0 aromatic heterocycles. The predicted octanol–water partition coefficient (Wildman–Crippen LogP) is 4.53. The van der Waals surface area contributed by atoms with Crippen molar-refractivity contribution in [3.05, 3.63) is 59.7 Å². The third-order valence-corrected chi connectivity index (χ3v) is 3.01. The third-order valence-electron chi connectivity index (χ3n) is 3.01. The number of aromatic hydroxyl groups is 2. The quantitative estimate of drug-likeness (QED) is 0.559. The largest absolute Gasteiger partial charge is 0.504 e. The predicted molar refractivity (Wildman–Crippen MR) is 92.3 cm³/mol. The normalized spacial score (nSPS) is 10.1. The van der Waals surface area contributed by atoms with Crippen LogP contribution in [-0.4, -0.2) is 21.3 Å². The number of phenolic OH excluding ortho intramolecular Hbond substituents is 2. The number of carboxylic acids is 1. The van der Waals surface area contributed by atoms with Crippen molar-refractivity contribution in [3.63, 3.8) is 0 Å². The molecule has 2 aromatic carbocycles. The summed E-state index contributed by atoms with van der Waals surface area (Å²) >= 11 is 0. The molecule has 0 aliphatic carbocycles. The average molecular weight is 314 g/mol. The first-order valence-electron chi connectivity index (χ1n) is 7.50. The van der Waals surface area contributed by atoms with E-state index in [-0.39, 0.29) is 11.5 Å². The number of carbonyl (C=O) groups is 1. The van der Waals surface area contributed by atoms with Gasteiger partial charge in [-0.3, -0.25) is 4.79 Å². The highest BCUT2D eigenvalue weighted by atomic mass is 16.4. The Bertz CT molecular complexity index is 633. The van der Waals surface area contributed by atoms with Gasteiger partial charge in [0, 0.05) is 6.42 Å². The van der Waals surface area contributed by atoms with Crippen LogP contribution in [0.5, 0.6) is 11.5 Å². The lowest BCUT2D eigenvalue weighted by Crippen LogP contribution is -1.91. The molecule has 2 rings (SSSR count). The van der Waals surface area contributed by atoms with Gasteiger partial charge in [0.1, 0.15) is 0 Å². The van der Waals surface area contributed by atoms with Gasteiger partial charge in [0.05, 0.1) is 0 Å². The number of rotatable bonds is 5. The first kappa shape index (κ1) is 18.3. The van der Waals surface area contributed by atoms with Crippen LogP contribution in [0.1, 0.15) is 37.3 Å². The number of aliphatic carboxylic acids is 1. The summed E-state index contributed by atoms with van der Waals surface area (Å²) in [4.78, 5) is 9.76. The molecule has 0 aliphatic heterocycles. The molecular weight excluding hydrogens is 292 g/mol. The van der Waals surface area contributed by atoms with Crippen LogP contribution in [0.25, 0.3) is 12.2 Å². The molecule has 0 saturated carbocycles. The van der Waals surface area contributed by atoms with Crippen molar-refractivity contribution in [2.24, 2.45) is 0 Å². The van der Waals surface area contributed by atoms with Gasteiger partial charge in [-0.15, -0.1) is 0 Å². The molecular formula is C19H22O4. The maximum Gasteiger partial charge on any atom is 0.303 e. The molecule has 0 amide bonds. The zero-order valence-corrected chi connectivity index (χ0v) is 13.1. The van der Waals surface area contributed by atoms with E-state index in [1.54, 1.807) is 6.07 Å². The highest BCUT2D eigenvalue weighted by Crippen LogP contribution is 2.25. The molecule has 0 spiro atoms. The first-order chi connectivity index (χ1) is 11.0. The standard InChI is InChI=1S/C14H12O2.C5H10O2/c15-13-9-8-12(10-14(13)16)7-6-11-4-2-1-3-5-11;1-2-3-4-5(6)7/h1-10,15-16H;2-4H2,1H3,(H,6,7). The molecule has 23 heavy (non-hydrogen) atoms. The van der Waals surface area contributed by atoms with Crippen LogP contribution in [-0.2, 0) is 4.79 Å². The first-order valence-corrected chi connectivity index (χ1v) is 7.50. The topological polar surface area (TPSA) is 77.8 Å². The van der Waals surface area contributed by atoms with Crippen molar-refractivity contribution >= 4 is 18.1 Å². The second kappa shape index (κ2) is 10.1. The van der Waals surface area contributed by atoms with E-state index >= 15 is 0 Å². The highest BCUT2D eigenvalue weighted by molar-refractivity contribution is 5.70. The monoisotopic (exact) mass is 314 g/mol. The Morgan fingerprint density at radius 3 is 2.13 bits per heavy atom. The van der Waals surface area contributed by atoms with Gasteiger partial charge in [-0.05, 0) is 29.7 Å². The van der Waals surface area contributed by atoms with Crippen LogP contribution in [0.2, 0.25) is 0 Å². The zero-order chi connectivity index (χ0) is 17.1. The summed E-state index contributed by atoms with van der Waals surface area (Å²) in [5, 5.41) is 26.5. The van der Waals surface area contributed by atoms with E-state index in [1.807, 2.05) is 49.4 Å². The summed E-state index contributed by atoms with van der Waals surface area (Å²) in [6.07, 6.45) is 5.92. The van der Waals surface area contributed by atoms with Crippen LogP contribution >= 0.6 is 0 Å². The Kier molecular flexibility index (Phi) is 8.00. The summed E-state index contributed by atoms with van der Waals surface area (Å²) in [7, 11) is 0. The lowest BCUT2D eigenvalue weighted by molar-refractivity contribution is -0.137. The van der Waals surface area contributed by atoms with Crippen molar-refractivity contribution in [1.82, 2.24) is 0 Å². The van der Waals surface area contributed by atoms with Crippen molar-refractivity contribution in [3.8, 4) is 11.5 Å². The molecule has 0 atom stereocenters. The van der Waals surface area contributed by atoms with Gasteiger partial charge in [-0.25, -0.2) is 0 Å². The van der Waals surface area contributed by atoms with Gasteiger partial charge in [-0.1, -0.05) is 61.9 Å². The lowest BCUT2D eigenvalue weighted by Gasteiger charge is -1.98. The van der Waals surface area contributed by atoms with E-state index < -0.39 is 5.97 Å². The average Bonchev–Trinajstić information content (AvgIpc) is 2.55. The zero-order valence-electron chi connectivity index (χ0n) is 13.1. The van der Waals surface area contributed by atoms with E-state index in [2.05, 4.69) is 0 Å². The van der Waals surface area contributed by atoms with E-state index in [0.717, 1.165) is 24.0 Å². The molecule has 0 saturated heterocycles. The van der Waals surface area contributed by atoms with Gasteiger partial charge >= 0.3 is 5.97 Å². The van der Waals surface area contributed by atoms with Crippen molar-refractivity contribution in [2.75, 3.05) is 0 Å². The molecule has 4 nitrogen and oxygen atoms in total. The van der Waals surface area contributed by atoms with Crippen LogP contribution in [0, 0.1) is 0 Å². The second-order valence-corrected chi connectivity index (χ2v) is 4.99. The minimum absolute atomic E-state index is 0.100. The number of benzene rings is 2. The van der Waals surface area contributed by atoms with E-state index in [4.69, 9.17) is 10.2 Å². The molecule has 2 aromatic rings. The number of carboxylic acid groups (broad SMARTS) is 1. The number of phenols is 2. The van der Waals surface area contributed by atoms with E-state index in [9.17, 15) is 9.90 Å². The third kappa shape index (κ3) is 7.71. The molecule has 0 bridgehead atoms. The van der Waals surface area contributed by atoms with Gasteiger partial charge in [-0.2, -0.15) is 0 Å². The summed E-state index contributed by atoms with van der Waals surface area (Å²) in [5.41, 5.74) is 1.94. The van der Waals surface area contributed by atoms with Crippen molar-refractivity contribution in [1.29, 1.82) is 0 Å². The molecule has 4 heteroatoms. The van der Waals surface area contributed by atoms with E-state index in [0.29, 0.717) is 6.42 Å². The lowest BCUT2D eigenvalue weighted by atomic mass is 10.1. The Labute approximate surface area is 136 Å². The summed E-state index contributed by atoms with van der Waals surface area (Å²) in [6.45, 7) is 1.98. The molecule has 0 aliphatic rings. The van der Waals surface area contributed by atoms with Gasteiger partial charge < -0.3 is 15.3 Å². The van der Waals surface area contributed by atoms with Crippen molar-refractivity contribution in [2.45, 2.75) is 26.2 Å². The summed E-state index contributed by atoms with van der Waals surface area (Å²) < 4.78 is 0. The number of hydrogen-bond acceptors (Lipinski definition) is 3. The molecule has 0 fully saturated rings. The molecule has 0 radical (unpaired) electrons. The molecule has 0 unspecified atom stereocenters. The summed E-state index contributed by atoms with van der Waals surface area (Å²) in [6, 6.07) is 14.6. The fourth-order valence-corrected chi connectivity index (χ4v) is 1.73. The van der Waals surface area contributed by atoms with Crippen molar-refractivity contribution < 1.29 is 20.1 Å². The second-order valence-electron chi connectivity index (χ2n) is 4.99. The van der Waals surface area contributed by atoms with Crippen LogP contribution in [0.3, 0.4) is 0 Å². The Morgan fingerprint density at radius 1 is 0.957 bits per heavy atom. The molecule has 122 valence electrons. The maximum atomic E-state index is 9.76. The summed E-state index contributed by atoms with van der Waals surface area (Å²) in [5.74, 6) is -0.895. The smallest absolute Gasteiger partial charge is 0.303 e. The minimum Gasteiger partial charge on any atom is -0.504 e. The Morgan fingerprint density at radius 2 is 1.61 bits per heavy atom. The fourth-order valence-electron chi connectivity index (χ4n) is 1.73. The Hall–Kier alpha value is -2.75. The fraction of sp³-hybridized carbons (Fsp3) is 0.211. The van der Waals surface area contributed by atoms with E-state index in [1.165, 1.54) is 12.1 Å². The van der Waals surface area contributed by atoms with Crippen LogP contribution < -0.4 is 0 Å². The van der Waals surface area contributed by atoms with Gasteiger partial charge in [0.25, 0.3) is 0 Å². The Balaban J connectivity index is 0.000000322. The minimum atomic E-state index is -0.693. The highest BCUT2D eigenvalue weighted by Gasteiger charge is 1.97. The van der Waals surface area contributed by atoms with Gasteiger partial charge in [0.2, 0.25) is 0 Å². The molecule has 0 heterocycles. The SMILES string of the molecule is CCCCC(=O)O.Oc1ccc(C=Cc2ccccc2)cc1O. The molecule has 3 N–H and O–H groups in total. The number of unbranched alkanes of at least 4 members (excludes halogenated alkanes) is 1. The maximum absolute atomic E-state index is 9.76.